The molecule has 1 aromatic rings. The van der Waals surface area contributed by atoms with Gasteiger partial charge in [0.15, 0.2) is 6.10 Å². The summed E-state index contributed by atoms with van der Waals surface area (Å²) < 4.78 is 15.0. The maximum atomic E-state index is 11.7. The van der Waals surface area contributed by atoms with Gasteiger partial charge in [0.1, 0.15) is 18.9 Å². The molecule has 0 spiro atoms. The number of hydrogen-bond acceptors (Lipinski definition) is 3. The summed E-state index contributed by atoms with van der Waals surface area (Å²) in [6, 6.07) is 0. The van der Waals surface area contributed by atoms with Crippen LogP contribution in [-0.4, -0.2) is 28.8 Å². The number of imidazole rings is 1. The predicted octanol–water partition coefficient (Wildman–Crippen LogP) is 1.62. The summed E-state index contributed by atoms with van der Waals surface area (Å²) >= 11 is 0. The summed E-state index contributed by atoms with van der Waals surface area (Å²) in [6.45, 7) is 12.1. The minimum atomic E-state index is -0.385. The number of hydrogen-bond donors (Lipinski definition) is 0. The largest absolute Gasteiger partial charge is 0.452 e. The molecule has 1 heterocycles. The van der Waals surface area contributed by atoms with Crippen molar-refractivity contribution in [3.05, 3.63) is 30.9 Å². The Morgan fingerprint density at radius 3 is 2.55 bits per heavy atom. The van der Waals surface area contributed by atoms with E-state index >= 15 is 0 Å². The molecule has 0 fully saturated rings. The van der Waals surface area contributed by atoms with Crippen molar-refractivity contribution >= 4 is 5.97 Å². The Kier molecular flexibility index (Phi) is 5.51. The van der Waals surface area contributed by atoms with Crippen LogP contribution < -0.4 is 4.57 Å². The molecule has 1 atom stereocenters. The van der Waals surface area contributed by atoms with Crippen LogP contribution in [-0.2, 0) is 27.9 Å². The van der Waals surface area contributed by atoms with Crippen molar-refractivity contribution in [3.8, 4) is 0 Å². The lowest BCUT2D eigenvalue weighted by Gasteiger charge is -2.23. The van der Waals surface area contributed by atoms with Crippen molar-refractivity contribution in [2.45, 2.75) is 45.9 Å². The van der Waals surface area contributed by atoms with E-state index < -0.39 is 0 Å². The zero-order chi connectivity index (χ0) is 15.3. The minimum Gasteiger partial charge on any atom is -0.452 e. The molecule has 0 radical (unpaired) electrons. The smallest absolute Gasteiger partial charge is 0.333 e. The quantitative estimate of drug-likeness (QED) is 0.452. The lowest BCUT2D eigenvalue weighted by molar-refractivity contribution is -0.671. The summed E-state index contributed by atoms with van der Waals surface area (Å²) in [7, 11) is 1.94. The molecule has 0 amide bonds. The molecular formula is C15H25N2O3+. The number of ether oxygens (including phenoxy) is 2. The summed E-state index contributed by atoms with van der Waals surface area (Å²) in [6.07, 6.45) is 5.45. The molecule has 5 heteroatoms. The van der Waals surface area contributed by atoms with Crippen molar-refractivity contribution in [1.82, 2.24) is 4.57 Å². The molecule has 0 saturated heterocycles. The van der Waals surface area contributed by atoms with Crippen molar-refractivity contribution in [2.75, 3.05) is 6.61 Å². The highest BCUT2D eigenvalue weighted by Gasteiger charge is 2.21. The third kappa shape index (κ3) is 6.02. The number of nitrogens with zero attached hydrogens (tertiary/aromatic N) is 2. The zero-order valence-electron chi connectivity index (χ0n) is 13.0. The maximum Gasteiger partial charge on any atom is 0.333 e. The van der Waals surface area contributed by atoms with Crippen LogP contribution in [0.25, 0.3) is 0 Å². The average molecular weight is 281 g/mol. The van der Waals surface area contributed by atoms with Gasteiger partial charge >= 0.3 is 5.97 Å². The Bertz CT molecular complexity index is 472. The second kappa shape index (κ2) is 6.70. The highest BCUT2D eigenvalue weighted by molar-refractivity contribution is 5.87. The topological polar surface area (TPSA) is 44.3 Å². The first-order valence-corrected chi connectivity index (χ1v) is 6.69. The van der Waals surface area contributed by atoms with Gasteiger partial charge in [-0.15, -0.1) is 0 Å². The van der Waals surface area contributed by atoms with Crippen molar-refractivity contribution in [1.29, 1.82) is 0 Å². The molecule has 0 aliphatic rings. The van der Waals surface area contributed by atoms with E-state index in [9.17, 15) is 4.79 Å². The fourth-order valence-corrected chi connectivity index (χ4v) is 1.56. The first-order chi connectivity index (χ1) is 9.17. The van der Waals surface area contributed by atoms with E-state index in [0.717, 1.165) is 0 Å². The minimum absolute atomic E-state index is 0.269. The van der Waals surface area contributed by atoms with Crippen LogP contribution in [0.2, 0.25) is 0 Å². The number of rotatable bonds is 6. The Balaban J connectivity index is 2.67. The normalized spacial score (nSPS) is 13.1. The van der Waals surface area contributed by atoms with E-state index in [1.807, 2.05) is 55.7 Å². The molecule has 1 unspecified atom stereocenters. The van der Waals surface area contributed by atoms with Crippen LogP contribution in [0.15, 0.2) is 30.9 Å². The summed E-state index contributed by atoms with van der Waals surface area (Å²) in [4.78, 5) is 11.7. The fourth-order valence-electron chi connectivity index (χ4n) is 1.56. The lowest BCUT2D eigenvalue weighted by Crippen LogP contribution is -2.33. The number of carbonyl (C=O) groups is 1. The maximum absolute atomic E-state index is 11.7. The molecule has 5 nitrogen and oxygen atoms in total. The van der Waals surface area contributed by atoms with Crippen LogP contribution in [0.4, 0.5) is 0 Å². The van der Waals surface area contributed by atoms with Crippen LogP contribution in [0.3, 0.4) is 0 Å². The molecular weight excluding hydrogens is 256 g/mol. The summed E-state index contributed by atoms with van der Waals surface area (Å²) in [5, 5.41) is 0. The summed E-state index contributed by atoms with van der Waals surface area (Å²) in [5.41, 5.74) is 0.124. The van der Waals surface area contributed by atoms with E-state index in [4.69, 9.17) is 9.47 Å². The lowest BCUT2D eigenvalue weighted by atomic mass is 10.2. The van der Waals surface area contributed by atoms with Gasteiger partial charge in [-0.2, -0.15) is 0 Å². The van der Waals surface area contributed by atoms with E-state index in [-0.39, 0.29) is 17.7 Å². The Labute approximate surface area is 120 Å². The van der Waals surface area contributed by atoms with Crippen molar-refractivity contribution in [2.24, 2.45) is 7.05 Å². The molecule has 20 heavy (non-hydrogen) atoms. The molecule has 0 saturated carbocycles. The monoisotopic (exact) mass is 281 g/mol. The molecule has 0 bridgehead atoms. The highest BCUT2D eigenvalue weighted by atomic mass is 16.6. The standard InChI is InChI=1S/C15H25N2O3/c1-12(2)14(18)20-13(10-19-15(3,4)5)9-17-8-7-16(6)11-17/h7-8,11,13H,1,9-10H2,2-6H3/q+1. The number of aryl methyl sites for hydroxylation is 1. The predicted molar refractivity (Wildman–Crippen MR) is 76.0 cm³/mol. The van der Waals surface area contributed by atoms with Gasteiger partial charge in [-0.05, 0) is 27.7 Å². The SMILES string of the molecule is C=C(C)C(=O)OC(COC(C)(C)C)Cn1cc[n+](C)c1. The molecule has 1 rings (SSSR count). The van der Waals surface area contributed by atoms with Gasteiger partial charge in [0.05, 0.1) is 19.3 Å². The number of aromatic nitrogens is 2. The molecule has 112 valence electrons. The average Bonchev–Trinajstić information content (AvgIpc) is 2.70. The molecule has 0 aliphatic carbocycles. The van der Waals surface area contributed by atoms with Gasteiger partial charge in [-0.1, -0.05) is 6.58 Å². The molecule has 0 aromatic carbocycles. The van der Waals surface area contributed by atoms with E-state index in [0.29, 0.717) is 18.7 Å². The number of esters is 1. The Morgan fingerprint density at radius 2 is 2.10 bits per heavy atom. The molecule has 0 N–H and O–H groups in total. The third-order valence-electron chi connectivity index (χ3n) is 2.56. The van der Waals surface area contributed by atoms with Crippen LogP contribution in [0, 0.1) is 0 Å². The molecule has 1 aromatic heterocycles. The second-order valence-corrected chi connectivity index (χ2v) is 6.01. The summed E-state index contributed by atoms with van der Waals surface area (Å²) in [5.74, 6) is -0.385. The highest BCUT2D eigenvalue weighted by Crippen LogP contribution is 2.10. The first kappa shape index (κ1) is 16.4. The third-order valence-corrected chi connectivity index (χ3v) is 2.56. The van der Waals surface area contributed by atoms with Crippen LogP contribution in [0.1, 0.15) is 27.7 Å². The van der Waals surface area contributed by atoms with Gasteiger partial charge in [0.25, 0.3) is 0 Å². The second-order valence-electron chi connectivity index (χ2n) is 6.01. The van der Waals surface area contributed by atoms with Gasteiger partial charge in [0.2, 0.25) is 6.33 Å². The first-order valence-electron chi connectivity index (χ1n) is 6.69. The number of carbonyl (C=O) groups excluding carboxylic acids is 1. The van der Waals surface area contributed by atoms with Gasteiger partial charge in [0, 0.05) is 5.57 Å². The van der Waals surface area contributed by atoms with Crippen LogP contribution in [0.5, 0.6) is 0 Å². The van der Waals surface area contributed by atoms with E-state index in [1.165, 1.54) is 0 Å². The fraction of sp³-hybridized carbons (Fsp3) is 0.600. The van der Waals surface area contributed by atoms with Crippen LogP contribution >= 0.6 is 0 Å². The zero-order valence-corrected chi connectivity index (χ0v) is 13.0. The van der Waals surface area contributed by atoms with Gasteiger partial charge in [-0.25, -0.2) is 13.9 Å². The van der Waals surface area contributed by atoms with Gasteiger partial charge in [-0.3, -0.25) is 0 Å². The van der Waals surface area contributed by atoms with Crippen molar-refractivity contribution < 1.29 is 18.8 Å². The Hall–Kier alpha value is -1.62. The van der Waals surface area contributed by atoms with Gasteiger partial charge < -0.3 is 9.47 Å². The van der Waals surface area contributed by atoms with Crippen molar-refractivity contribution in [3.63, 3.8) is 0 Å². The van der Waals surface area contributed by atoms with E-state index in [2.05, 4.69) is 6.58 Å². The molecule has 0 aliphatic heterocycles. The van der Waals surface area contributed by atoms with E-state index in [1.54, 1.807) is 6.92 Å². The Morgan fingerprint density at radius 1 is 1.45 bits per heavy atom.